The van der Waals surface area contributed by atoms with E-state index in [1.165, 1.54) is 12.1 Å². The van der Waals surface area contributed by atoms with Crippen molar-refractivity contribution in [3.8, 4) is 0 Å². The van der Waals surface area contributed by atoms with Crippen molar-refractivity contribution >= 4 is 27.7 Å². The largest absolute Gasteiger partial charge is 0.314 e. The van der Waals surface area contributed by atoms with E-state index in [0.29, 0.717) is 16.9 Å². The number of hydrogen-bond donors (Lipinski definition) is 1. The minimum absolute atomic E-state index is 0.0684. The minimum Gasteiger partial charge on any atom is -0.314 e. The van der Waals surface area contributed by atoms with Gasteiger partial charge in [0.2, 0.25) is 10.0 Å². The molecule has 1 aliphatic rings. The molecule has 12 nitrogen and oxygen atoms in total. The second-order valence-electron chi connectivity index (χ2n) is 5.31. The van der Waals surface area contributed by atoms with Crippen LogP contribution in [-0.2, 0) is 21.3 Å². The van der Waals surface area contributed by atoms with Crippen LogP contribution in [0.3, 0.4) is 0 Å². The molecule has 1 heterocycles. The Bertz CT molecular complexity index is 816. The highest BCUT2D eigenvalue weighted by Gasteiger charge is 2.32. The van der Waals surface area contributed by atoms with Crippen LogP contribution in [-0.4, -0.2) is 42.7 Å². The SMILES string of the molecule is CCc1cc2c(cc1S(N)(=O)=O)SN(CCCO[N+](=O)[O-])CN2[N+](=O)[O-]. The van der Waals surface area contributed by atoms with Crippen molar-refractivity contribution in [1.29, 1.82) is 0 Å². The maximum absolute atomic E-state index is 11.8. The lowest BCUT2D eigenvalue weighted by atomic mass is 10.1. The van der Waals surface area contributed by atoms with Gasteiger partial charge in [-0.15, -0.1) is 10.1 Å². The van der Waals surface area contributed by atoms with Gasteiger partial charge < -0.3 is 4.84 Å². The Morgan fingerprint density at radius 1 is 1.35 bits per heavy atom. The summed E-state index contributed by atoms with van der Waals surface area (Å²) in [5, 5.41) is 26.2. The van der Waals surface area contributed by atoms with E-state index in [4.69, 9.17) is 5.14 Å². The zero-order valence-corrected chi connectivity index (χ0v) is 15.4. The first-order chi connectivity index (χ1) is 12.1. The number of nitro groups is 1. The Labute approximate surface area is 153 Å². The van der Waals surface area contributed by atoms with Gasteiger partial charge in [0.15, 0.2) is 5.03 Å². The lowest BCUT2D eigenvalue weighted by Crippen LogP contribution is -2.42. The Balaban J connectivity index is 2.31. The van der Waals surface area contributed by atoms with Crippen molar-refractivity contribution in [2.24, 2.45) is 5.14 Å². The molecule has 0 saturated heterocycles. The molecule has 0 aromatic heterocycles. The van der Waals surface area contributed by atoms with Crippen LogP contribution >= 0.6 is 11.9 Å². The van der Waals surface area contributed by atoms with Crippen LogP contribution in [0.5, 0.6) is 0 Å². The highest BCUT2D eigenvalue weighted by atomic mass is 32.2. The number of benzene rings is 1. The number of hydrazine groups is 1. The maximum Gasteiger partial charge on any atom is 0.294 e. The van der Waals surface area contributed by atoms with Gasteiger partial charge in [0.05, 0.1) is 16.4 Å². The molecule has 26 heavy (non-hydrogen) atoms. The highest BCUT2D eigenvalue weighted by Crippen LogP contribution is 2.40. The number of anilines is 1. The Morgan fingerprint density at radius 3 is 2.58 bits per heavy atom. The summed E-state index contributed by atoms with van der Waals surface area (Å²) < 4.78 is 25.2. The molecule has 1 aromatic rings. The molecule has 0 atom stereocenters. The number of nitrogens with two attached hydrogens (primary N) is 1. The van der Waals surface area contributed by atoms with Gasteiger partial charge in [0, 0.05) is 6.54 Å². The van der Waals surface area contributed by atoms with Crippen molar-refractivity contribution < 1.29 is 23.4 Å². The fraction of sp³-hybridized carbons (Fsp3) is 0.500. The van der Waals surface area contributed by atoms with Gasteiger partial charge in [-0.2, -0.15) is 0 Å². The third kappa shape index (κ3) is 4.72. The molecular formula is C12H17N5O7S2. The predicted octanol–water partition coefficient (Wildman–Crippen LogP) is 0.773. The van der Waals surface area contributed by atoms with E-state index < -0.39 is 20.1 Å². The van der Waals surface area contributed by atoms with E-state index in [0.717, 1.165) is 17.0 Å². The fourth-order valence-electron chi connectivity index (χ4n) is 2.44. The van der Waals surface area contributed by atoms with Crippen molar-refractivity contribution in [1.82, 2.24) is 4.31 Å². The van der Waals surface area contributed by atoms with E-state index in [1.807, 2.05) is 0 Å². The molecule has 0 spiro atoms. The standard InChI is InChI=1S/C12H17N5O7S2/c1-2-9-6-10-11(7-12(9)26(13,22)23)25-14(8-15(10)16(18)19)4-3-5-24-17(20)21/h6-7H,2-5,8H2,1H3,(H2,13,22,23). The van der Waals surface area contributed by atoms with Crippen molar-refractivity contribution in [2.75, 3.05) is 24.8 Å². The quantitative estimate of drug-likeness (QED) is 0.282. The van der Waals surface area contributed by atoms with E-state index in [-0.39, 0.29) is 36.8 Å². The number of aryl methyl sites for hydroxylation is 1. The predicted molar refractivity (Wildman–Crippen MR) is 91.7 cm³/mol. The van der Waals surface area contributed by atoms with Crippen LogP contribution in [0.4, 0.5) is 5.69 Å². The number of fused-ring (bicyclic) bond motifs is 1. The zero-order chi connectivity index (χ0) is 19.5. The first-order valence-electron chi connectivity index (χ1n) is 7.45. The van der Waals surface area contributed by atoms with E-state index in [9.17, 15) is 28.6 Å². The lowest BCUT2D eigenvalue weighted by Gasteiger charge is -2.31. The van der Waals surface area contributed by atoms with Gasteiger partial charge in [-0.3, -0.25) is 0 Å². The van der Waals surface area contributed by atoms with Crippen molar-refractivity contribution in [3.05, 3.63) is 37.9 Å². The first kappa shape index (κ1) is 20.2. The summed E-state index contributed by atoms with van der Waals surface area (Å²) >= 11 is 1.13. The smallest absolute Gasteiger partial charge is 0.294 e. The Kier molecular flexibility index (Phi) is 6.22. The van der Waals surface area contributed by atoms with Crippen molar-refractivity contribution in [2.45, 2.75) is 29.6 Å². The van der Waals surface area contributed by atoms with E-state index >= 15 is 0 Å². The normalized spacial score (nSPS) is 14.8. The molecular weight excluding hydrogens is 390 g/mol. The molecule has 0 aliphatic carbocycles. The topological polar surface area (TPSA) is 162 Å². The Morgan fingerprint density at radius 2 is 2.04 bits per heavy atom. The molecule has 1 aliphatic heterocycles. The Hall–Kier alpha value is -2.16. The van der Waals surface area contributed by atoms with Crippen LogP contribution in [0.25, 0.3) is 0 Å². The van der Waals surface area contributed by atoms with Crippen molar-refractivity contribution in [3.63, 3.8) is 0 Å². The molecule has 0 saturated carbocycles. The second kappa shape index (κ2) is 8.03. The summed E-state index contributed by atoms with van der Waals surface area (Å²) in [5.41, 5.74) is 0.675. The van der Waals surface area contributed by atoms with Gasteiger partial charge in [-0.25, -0.2) is 28.0 Å². The third-order valence-electron chi connectivity index (χ3n) is 3.57. The summed E-state index contributed by atoms with van der Waals surface area (Å²) in [7, 11) is -3.98. The zero-order valence-electron chi connectivity index (χ0n) is 13.7. The molecule has 0 bridgehead atoms. The van der Waals surface area contributed by atoms with Gasteiger partial charge >= 0.3 is 0 Å². The average molecular weight is 407 g/mol. The van der Waals surface area contributed by atoms with E-state index in [2.05, 4.69) is 4.84 Å². The molecule has 0 amide bonds. The van der Waals surface area contributed by atoms with E-state index in [1.54, 1.807) is 11.2 Å². The molecule has 1 aromatic carbocycles. The van der Waals surface area contributed by atoms with Crippen LogP contribution in [0.2, 0.25) is 0 Å². The molecule has 144 valence electrons. The number of primary sulfonamides is 1. The molecule has 2 N–H and O–H groups in total. The van der Waals surface area contributed by atoms with Crippen LogP contribution in [0.1, 0.15) is 18.9 Å². The third-order valence-corrected chi connectivity index (χ3v) is 5.65. The summed E-state index contributed by atoms with van der Waals surface area (Å²) in [4.78, 5) is 26.1. The molecule has 14 heteroatoms. The summed E-state index contributed by atoms with van der Waals surface area (Å²) in [6.45, 7) is 1.78. The van der Waals surface area contributed by atoms with Gasteiger partial charge in [0.25, 0.3) is 5.09 Å². The first-order valence-corrected chi connectivity index (χ1v) is 9.77. The molecule has 0 unspecified atom stereocenters. The average Bonchev–Trinajstić information content (AvgIpc) is 2.55. The second-order valence-corrected chi connectivity index (χ2v) is 7.98. The van der Waals surface area contributed by atoms with Gasteiger partial charge in [-0.05, 0) is 42.5 Å². The fourth-order valence-corrected chi connectivity index (χ4v) is 4.46. The summed E-state index contributed by atoms with van der Waals surface area (Å²) in [6.07, 6.45) is 0.612. The number of nitrogens with zero attached hydrogens (tertiary/aromatic N) is 4. The van der Waals surface area contributed by atoms with Gasteiger partial charge in [-0.1, -0.05) is 11.9 Å². The van der Waals surface area contributed by atoms with Crippen LogP contribution in [0, 0.1) is 20.2 Å². The number of hydrogen-bond acceptors (Lipinski definition) is 9. The number of sulfonamides is 1. The molecule has 2 rings (SSSR count). The highest BCUT2D eigenvalue weighted by molar-refractivity contribution is 7.97. The summed E-state index contributed by atoms with van der Waals surface area (Å²) in [6, 6.07) is 2.78. The summed E-state index contributed by atoms with van der Waals surface area (Å²) in [5.74, 6) is 0. The lowest BCUT2D eigenvalue weighted by molar-refractivity contribution is -0.757. The molecule has 0 radical (unpaired) electrons. The minimum atomic E-state index is -3.98. The van der Waals surface area contributed by atoms with Crippen LogP contribution < -0.4 is 10.1 Å². The molecule has 0 fully saturated rings. The van der Waals surface area contributed by atoms with Gasteiger partial charge in [0.1, 0.15) is 12.4 Å². The van der Waals surface area contributed by atoms with Crippen LogP contribution in [0.15, 0.2) is 21.9 Å². The maximum atomic E-state index is 11.8. The monoisotopic (exact) mass is 407 g/mol. The number of rotatable bonds is 8.